The van der Waals surface area contributed by atoms with Crippen molar-refractivity contribution in [2.45, 2.75) is 13.0 Å². The van der Waals surface area contributed by atoms with Crippen LogP contribution in [0.1, 0.15) is 11.3 Å². The van der Waals surface area contributed by atoms with E-state index in [-0.39, 0.29) is 5.91 Å². The van der Waals surface area contributed by atoms with E-state index in [2.05, 4.69) is 41.1 Å². The van der Waals surface area contributed by atoms with Gasteiger partial charge in [-0.1, -0.05) is 18.2 Å². The average molecular weight is 428 g/mol. The highest BCUT2D eigenvalue weighted by atomic mass is 32.1. The Bertz CT molecular complexity index is 870. The van der Waals surface area contributed by atoms with E-state index in [9.17, 15) is 9.59 Å². The summed E-state index contributed by atoms with van der Waals surface area (Å²) in [5.74, 6) is 0.0845. The molecule has 0 bridgehead atoms. The van der Waals surface area contributed by atoms with Gasteiger partial charge in [0.25, 0.3) is 0 Å². The lowest BCUT2D eigenvalue weighted by Crippen LogP contribution is -2.48. The molecule has 7 nitrogen and oxygen atoms in total. The molecule has 2 amide bonds. The maximum Gasteiger partial charge on any atom is 0.228 e. The topological polar surface area (TPSA) is 60.0 Å². The van der Waals surface area contributed by atoms with E-state index < -0.39 is 0 Å². The van der Waals surface area contributed by atoms with Gasteiger partial charge in [0, 0.05) is 69.8 Å². The molecule has 0 saturated carbocycles. The first-order valence-electron chi connectivity index (χ1n) is 10.5. The molecule has 0 N–H and O–H groups in total. The standard InChI is InChI=1S/C22H29N5O2S/c1-24-5-7-25(8-6-24)15-18-3-2-4-19(13-18)22-23-20(16-30-22)14-21(29)27-11-9-26(17-28)10-12-27/h2-4,13,16-17H,5-12,14-15H2,1H3. The van der Waals surface area contributed by atoms with Gasteiger partial charge < -0.3 is 14.7 Å². The fourth-order valence-corrected chi connectivity index (χ4v) is 4.75. The van der Waals surface area contributed by atoms with Gasteiger partial charge >= 0.3 is 0 Å². The fourth-order valence-electron chi connectivity index (χ4n) is 3.93. The van der Waals surface area contributed by atoms with E-state index in [1.54, 1.807) is 16.2 Å². The molecule has 2 aliphatic rings. The Hall–Kier alpha value is -2.29. The lowest BCUT2D eigenvalue weighted by atomic mass is 10.1. The summed E-state index contributed by atoms with van der Waals surface area (Å²) < 4.78 is 0. The second-order valence-corrected chi connectivity index (χ2v) is 8.98. The van der Waals surface area contributed by atoms with Gasteiger partial charge in [0.1, 0.15) is 5.01 Å². The predicted octanol–water partition coefficient (Wildman–Crippen LogP) is 1.40. The summed E-state index contributed by atoms with van der Waals surface area (Å²) >= 11 is 1.59. The van der Waals surface area contributed by atoms with Crippen LogP contribution in [-0.4, -0.2) is 96.3 Å². The number of carbonyl (C=O) groups is 2. The molecule has 1 aromatic carbocycles. The van der Waals surface area contributed by atoms with E-state index in [4.69, 9.17) is 4.98 Å². The van der Waals surface area contributed by atoms with Gasteiger partial charge in [-0.2, -0.15) is 0 Å². The van der Waals surface area contributed by atoms with Crippen molar-refractivity contribution in [3.05, 3.63) is 40.9 Å². The SMILES string of the molecule is CN1CCN(Cc2cccc(-c3nc(CC(=O)N4CCN(C=O)CC4)cs3)c2)CC1. The van der Waals surface area contributed by atoms with Crippen molar-refractivity contribution in [1.29, 1.82) is 0 Å². The number of hydrogen-bond acceptors (Lipinski definition) is 6. The van der Waals surface area contributed by atoms with Crippen molar-refractivity contribution >= 4 is 23.7 Å². The van der Waals surface area contributed by atoms with Crippen LogP contribution in [0.15, 0.2) is 29.6 Å². The zero-order chi connectivity index (χ0) is 20.9. The molecule has 0 unspecified atom stereocenters. The lowest BCUT2D eigenvalue weighted by molar-refractivity contribution is -0.134. The first kappa shape index (κ1) is 21.0. The van der Waals surface area contributed by atoms with Crippen LogP contribution in [0, 0.1) is 0 Å². The van der Waals surface area contributed by atoms with Crippen molar-refractivity contribution in [1.82, 2.24) is 24.6 Å². The molecule has 2 aromatic rings. The molecule has 2 aliphatic heterocycles. The summed E-state index contributed by atoms with van der Waals surface area (Å²) in [5.41, 5.74) is 3.24. The van der Waals surface area contributed by atoms with Gasteiger partial charge in [0.05, 0.1) is 12.1 Å². The van der Waals surface area contributed by atoms with Crippen molar-refractivity contribution in [3.63, 3.8) is 0 Å². The Morgan fingerprint density at radius 1 is 1.10 bits per heavy atom. The molecule has 0 radical (unpaired) electrons. The summed E-state index contributed by atoms with van der Waals surface area (Å²) in [7, 11) is 2.17. The van der Waals surface area contributed by atoms with Crippen molar-refractivity contribution in [2.75, 3.05) is 59.4 Å². The van der Waals surface area contributed by atoms with Crippen molar-refractivity contribution < 1.29 is 9.59 Å². The molecule has 2 fully saturated rings. The van der Waals surface area contributed by atoms with Gasteiger partial charge in [0.15, 0.2) is 0 Å². The van der Waals surface area contributed by atoms with E-state index in [1.807, 2.05) is 10.3 Å². The number of benzene rings is 1. The third-order valence-electron chi connectivity index (χ3n) is 5.88. The largest absolute Gasteiger partial charge is 0.342 e. The molecule has 3 heterocycles. The zero-order valence-electron chi connectivity index (χ0n) is 17.5. The summed E-state index contributed by atoms with van der Waals surface area (Å²) in [6.45, 7) is 7.82. The normalized spacial score (nSPS) is 18.6. The number of amides is 2. The van der Waals surface area contributed by atoms with Crippen LogP contribution in [0.25, 0.3) is 10.6 Å². The number of rotatable bonds is 6. The molecule has 0 atom stereocenters. The Labute approximate surface area is 181 Å². The van der Waals surface area contributed by atoms with Gasteiger partial charge in [0.2, 0.25) is 12.3 Å². The van der Waals surface area contributed by atoms with Crippen LogP contribution in [0.2, 0.25) is 0 Å². The molecule has 0 aliphatic carbocycles. The highest BCUT2D eigenvalue weighted by molar-refractivity contribution is 7.13. The summed E-state index contributed by atoms with van der Waals surface area (Å²) in [5, 5.41) is 2.95. The summed E-state index contributed by atoms with van der Waals surface area (Å²) in [6, 6.07) is 8.59. The summed E-state index contributed by atoms with van der Waals surface area (Å²) in [4.78, 5) is 36.5. The van der Waals surface area contributed by atoms with E-state index in [0.717, 1.165) is 55.4 Å². The van der Waals surface area contributed by atoms with E-state index >= 15 is 0 Å². The van der Waals surface area contributed by atoms with Crippen molar-refractivity contribution in [2.24, 2.45) is 0 Å². The first-order valence-corrected chi connectivity index (χ1v) is 11.4. The van der Waals surface area contributed by atoms with Crippen LogP contribution in [0.4, 0.5) is 0 Å². The molecule has 4 rings (SSSR count). The minimum absolute atomic E-state index is 0.0845. The lowest BCUT2D eigenvalue weighted by Gasteiger charge is -2.32. The molecule has 160 valence electrons. The van der Waals surface area contributed by atoms with Gasteiger partial charge in [-0.3, -0.25) is 14.5 Å². The summed E-state index contributed by atoms with van der Waals surface area (Å²) in [6.07, 6.45) is 1.17. The smallest absolute Gasteiger partial charge is 0.228 e. The number of nitrogens with zero attached hydrogens (tertiary/aromatic N) is 5. The van der Waals surface area contributed by atoms with Crippen LogP contribution in [0.3, 0.4) is 0 Å². The molecular weight excluding hydrogens is 398 g/mol. The quantitative estimate of drug-likeness (QED) is 0.653. The molecule has 1 aromatic heterocycles. The fraction of sp³-hybridized carbons (Fsp3) is 0.500. The van der Waals surface area contributed by atoms with E-state index in [1.165, 1.54) is 5.56 Å². The minimum atomic E-state index is 0.0845. The Morgan fingerprint density at radius 3 is 2.60 bits per heavy atom. The highest BCUT2D eigenvalue weighted by Crippen LogP contribution is 2.25. The number of likely N-dealkylation sites (N-methyl/N-ethyl adjacent to an activating group) is 1. The van der Waals surface area contributed by atoms with Crippen LogP contribution in [-0.2, 0) is 22.6 Å². The zero-order valence-corrected chi connectivity index (χ0v) is 18.3. The monoisotopic (exact) mass is 427 g/mol. The third-order valence-corrected chi connectivity index (χ3v) is 6.82. The Morgan fingerprint density at radius 2 is 1.87 bits per heavy atom. The van der Waals surface area contributed by atoms with Crippen LogP contribution < -0.4 is 0 Å². The third kappa shape index (κ3) is 5.24. The molecular formula is C22H29N5O2S. The molecule has 2 saturated heterocycles. The Kier molecular flexibility index (Phi) is 6.76. The Balaban J connectivity index is 1.35. The second kappa shape index (κ2) is 9.68. The van der Waals surface area contributed by atoms with Gasteiger partial charge in [-0.25, -0.2) is 4.98 Å². The second-order valence-electron chi connectivity index (χ2n) is 8.12. The first-order chi connectivity index (χ1) is 14.6. The molecule has 0 spiro atoms. The van der Waals surface area contributed by atoms with Gasteiger partial charge in [-0.05, 0) is 18.7 Å². The molecule has 8 heteroatoms. The maximum atomic E-state index is 12.6. The average Bonchev–Trinajstić information content (AvgIpc) is 3.24. The van der Waals surface area contributed by atoms with Crippen molar-refractivity contribution in [3.8, 4) is 10.6 Å². The van der Waals surface area contributed by atoms with E-state index in [0.29, 0.717) is 32.6 Å². The number of thiazole rings is 1. The molecule has 30 heavy (non-hydrogen) atoms. The van der Waals surface area contributed by atoms with Gasteiger partial charge in [-0.15, -0.1) is 11.3 Å². The number of aromatic nitrogens is 1. The number of hydrogen-bond donors (Lipinski definition) is 0. The minimum Gasteiger partial charge on any atom is -0.342 e. The maximum absolute atomic E-state index is 12.6. The number of piperazine rings is 2. The van der Waals surface area contributed by atoms with Crippen LogP contribution >= 0.6 is 11.3 Å². The predicted molar refractivity (Wildman–Crippen MR) is 118 cm³/mol. The highest BCUT2D eigenvalue weighted by Gasteiger charge is 2.21. The number of carbonyl (C=O) groups excluding carboxylic acids is 2. The van der Waals surface area contributed by atoms with Crippen LogP contribution in [0.5, 0.6) is 0 Å².